The molecule has 0 saturated carbocycles. The molecule has 5 heteroatoms. The number of methoxy groups -OCH3 is 2. The van der Waals surface area contributed by atoms with E-state index >= 15 is 0 Å². The predicted octanol–water partition coefficient (Wildman–Crippen LogP) is -1.02. The number of rotatable bonds is 5. The van der Waals surface area contributed by atoms with E-state index in [-0.39, 0.29) is 6.54 Å². The third-order valence-corrected chi connectivity index (χ3v) is 1.39. The largest absolute Gasteiger partial charge is 0.389 e. The first-order valence-corrected chi connectivity index (χ1v) is 4.22. The van der Waals surface area contributed by atoms with E-state index in [9.17, 15) is 0 Å². The van der Waals surface area contributed by atoms with Crippen molar-refractivity contribution in [3.05, 3.63) is 0 Å². The molecule has 0 aliphatic carbocycles. The third-order valence-electron chi connectivity index (χ3n) is 1.39. The Morgan fingerprint density at radius 3 is 2.31 bits per heavy atom. The van der Waals surface area contributed by atoms with Crippen molar-refractivity contribution in [1.82, 2.24) is 0 Å². The summed E-state index contributed by atoms with van der Waals surface area (Å²) in [5.74, 6) is 0. The molecule has 1 heterocycles. The van der Waals surface area contributed by atoms with E-state index in [2.05, 4.69) is 4.74 Å². The van der Waals surface area contributed by atoms with Gasteiger partial charge in [-0.25, -0.2) is 0 Å². The predicted molar refractivity (Wildman–Crippen MR) is 48.6 cm³/mol. The highest BCUT2D eigenvalue weighted by atomic mass is 16.6. The highest BCUT2D eigenvalue weighted by molar-refractivity contribution is 4.66. The van der Waals surface area contributed by atoms with Gasteiger partial charge in [-0.1, -0.05) is 0 Å². The van der Waals surface area contributed by atoms with Crippen molar-refractivity contribution in [2.45, 2.75) is 12.2 Å². The van der Waals surface area contributed by atoms with Crippen LogP contribution in [-0.4, -0.2) is 57.9 Å². The lowest BCUT2D eigenvalue weighted by atomic mass is 10.4. The van der Waals surface area contributed by atoms with Crippen LogP contribution in [0.4, 0.5) is 0 Å². The number of epoxide rings is 1. The molecule has 80 valence electrons. The summed E-state index contributed by atoms with van der Waals surface area (Å²) in [5, 5.41) is 8.61. The molecule has 1 fully saturated rings. The molecule has 0 bridgehead atoms. The van der Waals surface area contributed by atoms with Gasteiger partial charge in [0, 0.05) is 20.8 Å². The van der Waals surface area contributed by atoms with Crippen molar-refractivity contribution in [1.29, 1.82) is 0 Å². The fourth-order valence-electron chi connectivity index (χ4n) is 0.611. The zero-order valence-corrected chi connectivity index (χ0v) is 8.23. The summed E-state index contributed by atoms with van der Waals surface area (Å²) in [5.41, 5.74) is 5.03. The van der Waals surface area contributed by atoms with Crippen molar-refractivity contribution < 1.29 is 19.3 Å². The molecule has 2 atom stereocenters. The van der Waals surface area contributed by atoms with Gasteiger partial charge < -0.3 is 25.1 Å². The van der Waals surface area contributed by atoms with E-state index in [1.807, 2.05) is 0 Å². The van der Waals surface area contributed by atoms with Crippen molar-refractivity contribution in [2.75, 3.05) is 40.6 Å². The van der Waals surface area contributed by atoms with Crippen molar-refractivity contribution in [2.24, 2.45) is 5.73 Å². The van der Waals surface area contributed by atoms with Gasteiger partial charge in [-0.15, -0.1) is 0 Å². The number of aliphatic hydroxyl groups is 1. The molecule has 3 N–H and O–H groups in total. The molecule has 0 aromatic carbocycles. The smallest absolute Gasteiger partial charge is 0.104 e. The Morgan fingerprint density at radius 2 is 2.15 bits per heavy atom. The molecule has 0 spiro atoms. The Kier molecular flexibility index (Phi) is 8.27. The van der Waals surface area contributed by atoms with Crippen LogP contribution in [0.15, 0.2) is 0 Å². The fourth-order valence-corrected chi connectivity index (χ4v) is 0.611. The Morgan fingerprint density at radius 1 is 1.54 bits per heavy atom. The molecule has 1 rings (SSSR count). The van der Waals surface area contributed by atoms with Crippen LogP contribution in [0.25, 0.3) is 0 Å². The first-order chi connectivity index (χ1) is 6.24. The van der Waals surface area contributed by atoms with Crippen LogP contribution in [0.5, 0.6) is 0 Å². The molecule has 1 aliphatic heterocycles. The Bertz CT molecular complexity index is 108. The van der Waals surface area contributed by atoms with Gasteiger partial charge in [0.05, 0.1) is 25.9 Å². The molecule has 0 aromatic heterocycles. The van der Waals surface area contributed by atoms with Gasteiger partial charge in [0.15, 0.2) is 0 Å². The maximum atomic E-state index is 8.61. The van der Waals surface area contributed by atoms with Crippen LogP contribution in [0.1, 0.15) is 0 Å². The second-order valence-corrected chi connectivity index (χ2v) is 2.76. The summed E-state index contributed by atoms with van der Waals surface area (Å²) in [6.07, 6.45) is -0.0694. The van der Waals surface area contributed by atoms with Gasteiger partial charge >= 0.3 is 0 Å². The molecule has 0 aromatic rings. The van der Waals surface area contributed by atoms with E-state index in [1.165, 1.54) is 7.11 Å². The molecule has 1 saturated heterocycles. The standard InChI is InChI=1S/C4H11NO2.C4H8O2/c1-7-3-4(6)2-5;1-5-2-4-3-6-4/h4,6H,2-3,5H2,1H3;4H,2-3H2,1H3/t2*4-/m01/s1. The Hall–Kier alpha value is -0.200. The van der Waals surface area contributed by atoms with E-state index in [0.29, 0.717) is 12.7 Å². The summed E-state index contributed by atoms with van der Waals surface area (Å²) in [6.45, 7) is 2.26. The van der Waals surface area contributed by atoms with Crippen molar-refractivity contribution in [3.63, 3.8) is 0 Å². The summed E-state index contributed by atoms with van der Waals surface area (Å²) in [7, 11) is 3.21. The first-order valence-electron chi connectivity index (χ1n) is 4.22. The normalized spacial score (nSPS) is 21.7. The molecule has 0 amide bonds. The molecular formula is C8H19NO4. The van der Waals surface area contributed by atoms with Gasteiger partial charge in [-0.3, -0.25) is 0 Å². The summed E-state index contributed by atoms with van der Waals surface area (Å²) in [6, 6.07) is 0. The maximum Gasteiger partial charge on any atom is 0.104 e. The number of ether oxygens (including phenoxy) is 3. The average Bonchev–Trinajstić information content (AvgIpc) is 2.91. The van der Waals surface area contributed by atoms with Crippen LogP contribution in [0.2, 0.25) is 0 Å². The monoisotopic (exact) mass is 193 g/mol. The second kappa shape index (κ2) is 8.40. The average molecular weight is 193 g/mol. The molecule has 1 aliphatic rings. The zero-order chi connectivity index (χ0) is 10.1. The second-order valence-electron chi connectivity index (χ2n) is 2.76. The van der Waals surface area contributed by atoms with Crippen molar-refractivity contribution >= 4 is 0 Å². The van der Waals surface area contributed by atoms with Gasteiger partial charge in [-0.05, 0) is 0 Å². The third kappa shape index (κ3) is 9.72. The van der Waals surface area contributed by atoms with E-state index in [0.717, 1.165) is 13.2 Å². The quantitative estimate of drug-likeness (QED) is 0.547. The number of aliphatic hydroxyl groups excluding tert-OH is 1. The molecular weight excluding hydrogens is 174 g/mol. The topological polar surface area (TPSA) is 77.2 Å². The van der Waals surface area contributed by atoms with E-state index in [4.69, 9.17) is 20.3 Å². The Labute approximate surface area is 78.8 Å². The van der Waals surface area contributed by atoms with Gasteiger partial charge in [0.1, 0.15) is 6.10 Å². The first kappa shape index (κ1) is 12.8. The molecule has 0 radical (unpaired) electrons. The fraction of sp³-hybridized carbons (Fsp3) is 1.00. The zero-order valence-electron chi connectivity index (χ0n) is 8.23. The van der Waals surface area contributed by atoms with E-state index < -0.39 is 6.10 Å². The lowest BCUT2D eigenvalue weighted by molar-refractivity contribution is 0.0702. The number of hydrogen-bond donors (Lipinski definition) is 2. The van der Waals surface area contributed by atoms with Crippen LogP contribution < -0.4 is 5.73 Å². The maximum absolute atomic E-state index is 8.61. The van der Waals surface area contributed by atoms with Crippen LogP contribution in [0.3, 0.4) is 0 Å². The molecule has 5 nitrogen and oxygen atoms in total. The molecule has 13 heavy (non-hydrogen) atoms. The highest BCUT2D eigenvalue weighted by Crippen LogP contribution is 2.06. The minimum atomic E-state index is -0.495. The summed E-state index contributed by atoms with van der Waals surface area (Å²) in [4.78, 5) is 0. The SMILES string of the molecule is COC[C@@H](O)CN.COC[C@@H]1CO1. The minimum absolute atomic E-state index is 0.272. The lowest BCUT2D eigenvalue weighted by Crippen LogP contribution is -2.24. The highest BCUT2D eigenvalue weighted by Gasteiger charge is 2.21. The van der Waals surface area contributed by atoms with E-state index in [1.54, 1.807) is 7.11 Å². The lowest BCUT2D eigenvalue weighted by Gasteiger charge is -2.02. The van der Waals surface area contributed by atoms with Gasteiger partial charge in [-0.2, -0.15) is 0 Å². The Balaban J connectivity index is 0.000000223. The van der Waals surface area contributed by atoms with Gasteiger partial charge in [0.25, 0.3) is 0 Å². The minimum Gasteiger partial charge on any atom is -0.389 e. The van der Waals surface area contributed by atoms with Crippen molar-refractivity contribution in [3.8, 4) is 0 Å². The number of nitrogens with two attached hydrogens (primary N) is 1. The van der Waals surface area contributed by atoms with Crippen LogP contribution >= 0.6 is 0 Å². The summed E-state index contributed by atoms with van der Waals surface area (Å²) < 4.78 is 14.1. The van der Waals surface area contributed by atoms with Gasteiger partial charge in [0.2, 0.25) is 0 Å². The van der Waals surface area contributed by atoms with Crippen LogP contribution in [0, 0.1) is 0 Å². The number of hydrogen-bond acceptors (Lipinski definition) is 5. The van der Waals surface area contributed by atoms with Crippen LogP contribution in [-0.2, 0) is 14.2 Å². The summed E-state index contributed by atoms with van der Waals surface area (Å²) >= 11 is 0. The molecule has 0 unspecified atom stereocenters.